The first kappa shape index (κ1) is 29.1. The molecule has 0 aliphatic carbocycles. The van der Waals surface area contributed by atoms with Crippen LogP contribution in [-0.4, -0.2) is 67.7 Å². The topological polar surface area (TPSA) is 48.0 Å². The zero-order valence-corrected chi connectivity index (χ0v) is 25.2. The highest BCUT2D eigenvalue weighted by molar-refractivity contribution is 6.30. The van der Waals surface area contributed by atoms with Crippen LogP contribution in [0.2, 0.25) is 5.02 Å². The minimum atomic E-state index is 0.114. The van der Waals surface area contributed by atoms with Crippen molar-refractivity contribution in [1.29, 1.82) is 0 Å². The Hall–Kier alpha value is -2.44. The zero-order valence-electron chi connectivity index (χ0n) is 24.4. The zero-order chi connectivity index (χ0) is 27.9. The molecule has 0 spiro atoms. The number of ether oxygens (including phenoxy) is 1. The van der Waals surface area contributed by atoms with Crippen LogP contribution in [0.5, 0.6) is 5.75 Å². The van der Waals surface area contributed by atoms with Gasteiger partial charge in [0.2, 0.25) is 5.91 Å². The lowest BCUT2D eigenvalue weighted by Crippen LogP contribution is -2.41. The SMILES string of the molecule is Cc1cccc2c1N(CCCC1CCN(CCC(C)C(=O)N3CCCCC3)CC1)C(COc1ccc(Cl)cc1)N2. The maximum absolute atomic E-state index is 12.8. The van der Waals surface area contributed by atoms with E-state index in [1.54, 1.807) is 0 Å². The number of rotatable bonds is 11. The van der Waals surface area contributed by atoms with Gasteiger partial charge in [0.25, 0.3) is 0 Å². The summed E-state index contributed by atoms with van der Waals surface area (Å²) < 4.78 is 6.15. The molecule has 2 aromatic carbocycles. The quantitative estimate of drug-likeness (QED) is 0.323. The number of fused-ring (bicyclic) bond motifs is 1. The van der Waals surface area contributed by atoms with Crippen molar-refractivity contribution >= 4 is 28.9 Å². The Morgan fingerprint density at radius 2 is 1.77 bits per heavy atom. The summed E-state index contributed by atoms with van der Waals surface area (Å²) in [6.07, 6.45) is 9.70. The van der Waals surface area contributed by atoms with Crippen molar-refractivity contribution in [2.24, 2.45) is 11.8 Å². The van der Waals surface area contributed by atoms with Crippen LogP contribution < -0.4 is 15.0 Å². The van der Waals surface area contributed by atoms with Crippen LogP contribution in [0, 0.1) is 18.8 Å². The van der Waals surface area contributed by atoms with E-state index < -0.39 is 0 Å². The number of anilines is 2. The number of likely N-dealkylation sites (tertiary alicyclic amines) is 2. The summed E-state index contributed by atoms with van der Waals surface area (Å²) in [5.41, 5.74) is 3.82. The molecular formula is C33H47ClN4O2. The van der Waals surface area contributed by atoms with Crippen molar-refractivity contribution in [1.82, 2.24) is 9.80 Å². The number of benzene rings is 2. The maximum Gasteiger partial charge on any atom is 0.225 e. The largest absolute Gasteiger partial charge is 0.489 e. The van der Waals surface area contributed by atoms with E-state index in [0.29, 0.717) is 12.5 Å². The van der Waals surface area contributed by atoms with Crippen molar-refractivity contribution in [2.45, 2.75) is 71.4 Å². The summed E-state index contributed by atoms with van der Waals surface area (Å²) in [5, 5.41) is 4.42. The second kappa shape index (κ2) is 14.0. The van der Waals surface area contributed by atoms with Gasteiger partial charge in [-0.05, 0) is 120 Å². The van der Waals surface area contributed by atoms with E-state index >= 15 is 0 Å². The van der Waals surface area contributed by atoms with Crippen molar-refractivity contribution in [3.63, 3.8) is 0 Å². The average Bonchev–Trinajstić information content (AvgIpc) is 3.35. The summed E-state index contributed by atoms with van der Waals surface area (Å²) in [6, 6.07) is 14.1. The van der Waals surface area contributed by atoms with E-state index in [9.17, 15) is 4.79 Å². The number of halogens is 1. The van der Waals surface area contributed by atoms with Crippen molar-refractivity contribution < 1.29 is 9.53 Å². The lowest BCUT2D eigenvalue weighted by molar-refractivity contribution is -0.136. The van der Waals surface area contributed by atoms with E-state index in [4.69, 9.17) is 16.3 Å². The van der Waals surface area contributed by atoms with Gasteiger partial charge in [0.1, 0.15) is 18.5 Å². The number of hydrogen-bond acceptors (Lipinski definition) is 5. The number of carbonyl (C=O) groups is 1. The van der Waals surface area contributed by atoms with Gasteiger partial charge >= 0.3 is 0 Å². The van der Waals surface area contributed by atoms with Gasteiger partial charge in [-0.3, -0.25) is 4.79 Å². The second-order valence-electron chi connectivity index (χ2n) is 12.1. The molecule has 218 valence electrons. The molecular weight excluding hydrogens is 520 g/mol. The first-order valence-electron chi connectivity index (χ1n) is 15.5. The number of nitrogens with one attached hydrogen (secondary N) is 1. The first-order valence-corrected chi connectivity index (χ1v) is 15.9. The molecule has 0 aromatic heterocycles. The Balaban J connectivity index is 1.05. The molecule has 0 saturated carbocycles. The molecule has 3 aliphatic heterocycles. The first-order chi connectivity index (χ1) is 19.5. The lowest BCUT2D eigenvalue weighted by atomic mass is 9.91. The molecule has 2 unspecified atom stereocenters. The fourth-order valence-electron chi connectivity index (χ4n) is 6.65. The molecule has 2 aromatic rings. The molecule has 3 heterocycles. The molecule has 7 heteroatoms. The van der Waals surface area contributed by atoms with Gasteiger partial charge in [-0.25, -0.2) is 0 Å². The fourth-order valence-corrected chi connectivity index (χ4v) is 6.78. The minimum Gasteiger partial charge on any atom is -0.489 e. The highest BCUT2D eigenvalue weighted by atomic mass is 35.5. The van der Waals surface area contributed by atoms with Crippen LogP contribution in [-0.2, 0) is 4.79 Å². The van der Waals surface area contributed by atoms with E-state index in [2.05, 4.69) is 52.1 Å². The molecule has 1 N–H and O–H groups in total. The van der Waals surface area contributed by atoms with E-state index in [1.165, 1.54) is 75.0 Å². The molecule has 5 rings (SSSR count). The van der Waals surface area contributed by atoms with E-state index in [0.717, 1.165) is 49.3 Å². The summed E-state index contributed by atoms with van der Waals surface area (Å²) in [6.45, 7) is 11.2. The Morgan fingerprint density at radius 1 is 1.02 bits per heavy atom. The van der Waals surface area contributed by atoms with E-state index in [1.807, 2.05) is 24.3 Å². The molecule has 1 amide bonds. The normalized spacial score (nSPS) is 20.7. The molecule has 40 heavy (non-hydrogen) atoms. The van der Waals surface area contributed by atoms with Gasteiger partial charge in [0.05, 0.1) is 11.4 Å². The van der Waals surface area contributed by atoms with Gasteiger partial charge < -0.3 is 24.8 Å². The number of para-hydroxylation sites is 1. The number of nitrogens with zero attached hydrogens (tertiary/aromatic N) is 3. The third kappa shape index (κ3) is 7.44. The average molecular weight is 567 g/mol. The standard InChI is InChI=1S/C33H47ClN4O2/c1-25-8-6-10-30-32(25)38(31(35-30)24-40-29-13-11-28(34)12-14-29)20-7-9-27-16-22-36(23-17-27)21-15-26(2)33(39)37-18-4-3-5-19-37/h6,8,10-14,26-27,31,35H,3-5,7,9,15-24H2,1-2H3. The molecule has 0 bridgehead atoms. The number of hydrogen-bond donors (Lipinski definition) is 1. The van der Waals surface area contributed by atoms with E-state index in [-0.39, 0.29) is 12.1 Å². The number of carbonyl (C=O) groups excluding carboxylic acids is 1. The summed E-state index contributed by atoms with van der Waals surface area (Å²) in [4.78, 5) is 20.0. The van der Waals surface area contributed by atoms with Crippen LogP contribution in [0.15, 0.2) is 42.5 Å². The summed E-state index contributed by atoms with van der Waals surface area (Å²) in [7, 11) is 0. The fraction of sp³-hybridized carbons (Fsp3) is 0.606. The highest BCUT2D eigenvalue weighted by Crippen LogP contribution is 2.38. The third-order valence-corrected chi connectivity index (χ3v) is 9.38. The monoisotopic (exact) mass is 566 g/mol. The summed E-state index contributed by atoms with van der Waals surface area (Å²) >= 11 is 6.04. The van der Waals surface area contributed by atoms with Crippen molar-refractivity contribution in [2.75, 3.05) is 56.1 Å². The van der Waals surface area contributed by atoms with Crippen LogP contribution in [0.4, 0.5) is 11.4 Å². The van der Waals surface area contributed by atoms with Gasteiger partial charge in [-0.15, -0.1) is 0 Å². The molecule has 0 radical (unpaired) electrons. The lowest BCUT2D eigenvalue weighted by Gasteiger charge is -2.34. The Morgan fingerprint density at radius 3 is 2.52 bits per heavy atom. The van der Waals surface area contributed by atoms with Gasteiger partial charge in [-0.2, -0.15) is 0 Å². The van der Waals surface area contributed by atoms with Crippen LogP contribution in [0.25, 0.3) is 0 Å². The Labute approximate surface area is 246 Å². The van der Waals surface area contributed by atoms with Crippen LogP contribution >= 0.6 is 11.6 Å². The Bertz CT molecular complexity index is 1100. The number of aryl methyl sites for hydroxylation is 1. The smallest absolute Gasteiger partial charge is 0.225 e. The van der Waals surface area contributed by atoms with Crippen molar-refractivity contribution in [3.8, 4) is 5.75 Å². The predicted molar refractivity (Wildman–Crippen MR) is 165 cm³/mol. The maximum atomic E-state index is 12.8. The molecule has 2 fully saturated rings. The van der Waals surface area contributed by atoms with Crippen molar-refractivity contribution in [3.05, 3.63) is 53.1 Å². The van der Waals surface area contributed by atoms with Gasteiger partial charge in [0.15, 0.2) is 0 Å². The van der Waals surface area contributed by atoms with Crippen LogP contribution in [0.1, 0.15) is 63.9 Å². The predicted octanol–water partition coefficient (Wildman–Crippen LogP) is 6.82. The Kier molecular flexibility index (Phi) is 10.1. The molecule has 2 atom stereocenters. The minimum absolute atomic E-state index is 0.114. The second-order valence-corrected chi connectivity index (χ2v) is 12.5. The third-order valence-electron chi connectivity index (χ3n) is 9.13. The number of piperidine rings is 2. The highest BCUT2D eigenvalue weighted by Gasteiger charge is 2.31. The van der Waals surface area contributed by atoms with Gasteiger partial charge in [-0.1, -0.05) is 30.7 Å². The summed E-state index contributed by atoms with van der Waals surface area (Å²) in [5.74, 6) is 2.16. The van der Waals surface area contributed by atoms with Gasteiger partial charge in [0, 0.05) is 30.6 Å². The molecule has 2 saturated heterocycles. The number of amides is 1. The molecule has 3 aliphatic rings. The molecule has 6 nitrogen and oxygen atoms in total. The van der Waals surface area contributed by atoms with Crippen LogP contribution in [0.3, 0.4) is 0 Å².